The molecular weight excluding hydrogens is 312 g/mol. The molecule has 0 aromatic heterocycles. The average Bonchev–Trinajstić information content (AvgIpc) is 2.49. The molecule has 23 heavy (non-hydrogen) atoms. The lowest BCUT2D eigenvalue weighted by molar-refractivity contribution is -0.137. The van der Waals surface area contributed by atoms with Crippen LogP contribution in [0.2, 0.25) is 0 Å². The van der Waals surface area contributed by atoms with Gasteiger partial charge in [0.1, 0.15) is 11.9 Å². The molecule has 2 rings (SSSR count). The molecule has 2 N–H and O–H groups in total. The standard InChI is InChI=1S/C16H14F4N2O/c1-10(21-13-8-4-12(17)5-9-13)15(23)22-14-6-2-11(3-7-14)16(18,19)20/h2-10,21H,1H3,(H,22,23). The van der Waals surface area contributed by atoms with Crippen LogP contribution in [0.5, 0.6) is 0 Å². The zero-order chi connectivity index (χ0) is 17.0. The van der Waals surface area contributed by atoms with Crippen LogP contribution in [0.4, 0.5) is 28.9 Å². The fourth-order valence-corrected chi connectivity index (χ4v) is 1.85. The molecule has 0 aliphatic carbocycles. The molecule has 1 unspecified atom stereocenters. The van der Waals surface area contributed by atoms with Crippen LogP contribution >= 0.6 is 0 Å². The zero-order valence-corrected chi connectivity index (χ0v) is 12.1. The molecule has 1 amide bonds. The molecule has 3 nitrogen and oxygen atoms in total. The highest BCUT2D eigenvalue weighted by Gasteiger charge is 2.30. The second-order valence-corrected chi connectivity index (χ2v) is 4.94. The fourth-order valence-electron chi connectivity index (χ4n) is 1.85. The molecule has 0 aliphatic heterocycles. The van der Waals surface area contributed by atoms with Crippen LogP contribution in [0, 0.1) is 5.82 Å². The van der Waals surface area contributed by atoms with Gasteiger partial charge < -0.3 is 10.6 Å². The lowest BCUT2D eigenvalue weighted by Gasteiger charge is -2.15. The number of halogens is 4. The predicted octanol–water partition coefficient (Wildman–Crippen LogP) is 4.28. The molecular formula is C16H14F4N2O. The molecule has 0 saturated heterocycles. The van der Waals surface area contributed by atoms with Crippen LogP contribution in [0.1, 0.15) is 12.5 Å². The molecule has 2 aromatic rings. The second kappa shape index (κ2) is 6.68. The van der Waals surface area contributed by atoms with E-state index < -0.39 is 29.5 Å². The Morgan fingerprint density at radius 3 is 2.00 bits per heavy atom. The van der Waals surface area contributed by atoms with Gasteiger partial charge >= 0.3 is 6.18 Å². The second-order valence-electron chi connectivity index (χ2n) is 4.94. The largest absolute Gasteiger partial charge is 0.416 e. The van der Waals surface area contributed by atoms with Gasteiger partial charge in [0.15, 0.2) is 0 Å². The highest BCUT2D eigenvalue weighted by Crippen LogP contribution is 2.29. The average molecular weight is 326 g/mol. The summed E-state index contributed by atoms with van der Waals surface area (Å²) < 4.78 is 50.2. The summed E-state index contributed by atoms with van der Waals surface area (Å²) in [6.45, 7) is 1.59. The maximum absolute atomic E-state index is 12.8. The summed E-state index contributed by atoms with van der Waals surface area (Å²) in [5.74, 6) is -0.813. The fraction of sp³-hybridized carbons (Fsp3) is 0.188. The number of nitrogens with one attached hydrogen (secondary N) is 2. The first kappa shape index (κ1) is 16.8. The molecule has 2 aromatic carbocycles. The van der Waals surface area contributed by atoms with Crippen LogP contribution in [0.3, 0.4) is 0 Å². The van der Waals surface area contributed by atoms with E-state index in [4.69, 9.17) is 0 Å². The van der Waals surface area contributed by atoms with Crippen molar-refractivity contribution in [3.05, 3.63) is 59.9 Å². The molecule has 122 valence electrons. The van der Waals surface area contributed by atoms with Gasteiger partial charge in [0.2, 0.25) is 5.91 Å². The highest BCUT2D eigenvalue weighted by molar-refractivity contribution is 5.96. The van der Waals surface area contributed by atoms with E-state index in [1.54, 1.807) is 6.92 Å². The lowest BCUT2D eigenvalue weighted by atomic mass is 10.2. The Morgan fingerprint density at radius 1 is 0.957 bits per heavy atom. The summed E-state index contributed by atoms with van der Waals surface area (Å²) in [7, 11) is 0. The van der Waals surface area contributed by atoms with E-state index in [9.17, 15) is 22.4 Å². The minimum absolute atomic E-state index is 0.260. The molecule has 0 fully saturated rings. The zero-order valence-electron chi connectivity index (χ0n) is 12.1. The number of amides is 1. The Bertz CT molecular complexity index is 666. The summed E-state index contributed by atoms with van der Waals surface area (Å²) in [5.41, 5.74) is 0.0326. The highest BCUT2D eigenvalue weighted by atomic mass is 19.4. The van der Waals surface area contributed by atoms with Gasteiger partial charge in [0.25, 0.3) is 0 Å². The third-order valence-corrected chi connectivity index (χ3v) is 3.10. The van der Waals surface area contributed by atoms with Crippen molar-refractivity contribution < 1.29 is 22.4 Å². The molecule has 1 atom stereocenters. The van der Waals surface area contributed by atoms with Gasteiger partial charge in [-0.2, -0.15) is 13.2 Å². The van der Waals surface area contributed by atoms with Crippen molar-refractivity contribution >= 4 is 17.3 Å². The van der Waals surface area contributed by atoms with Crippen molar-refractivity contribution in [3.63, 3.8) is 0 Å². The molecule has 0 spiro atoms. The van der Waals surface area contributed by atoms with Gasteiger partial charge in [-0.25, -0.2) is 4.39 Å². The van der Waals surface area contributed by atoms with Crippen LogP contribution in [-0.4, -0.2) is 11.9 Å². The minimum Gasteiger partial charge on any atom is -0.374 e. The molecule has 0 aliphatic rings. The Morgan fingerprint density at radius 2 is 1.48 bits per heavy atom. The number of carbonyl (C=O) groups excluding carboxylic acids is 1. The van der Waals surface area contributed by atoms with E-state index in [2.05, 4.69) is 10.6 Å². The third-order valence-electron chi connectivity index (χ3n) is 3.10. The van der Waals surface area contributed by atoms with Crippen LogP contribution in [0.25, 0.3) is 0 Å². The third kappa shape index (κ3) is 4.70. The monoisotopic (exact) mass is 326 g/mol. The Labute approximate surface area is 130 Å². The number of rotatable bonds is 4. The van der Waals surface area contributed by atoms with Crippen molar-refractivity contribution in [1.82, 2.24) is 0 Å². The molecule has 0 saturated carbocycles. The maximum Gasteiger partial charge on any atom is 0.416 e. The van der Waals surface area contributed by atoms with E-state index in [0.29, 0.717) is 5.69 Å². The number of carbonyl (C=O) groups is 1. The Hall–Kier alpha value is -2.57. The van der Waals surface area contributed by atoms with Gasteiger partial charge in [-0.3, -0.25) is 4.79 Å². The molecule has 0 radical (unpaired) electrons. The molecule has 0 heterocycles. The van der Waals surface area contributed by atoms with E-state index in [0.717, 1.165) is 12.1 Å². The Balaban J connectivity index is 1.96. The van der Waals surface area contributed by atoms with Gasteiger partial charge in [0, 0.05) is 11.4 Å². The number of benzene rings is 2. The quantitative estimate of drug-likeness (QED) is 0.823. The van der Waals surface area contributed by atoms with Crippen LogP contribution < -0.4 is 10.6 Å². The molecule has 0 bridgehead atoms. The van der Waals surface area contributed by atoms with E-state index in [1.165, 1.54) is 36.4 Å². The first-order valence-electron chi connectivity index (χ1n) is 6.76. The summed E-state index contributed by atoms with van der Waals surface area (Å²) in [6, 6.07) is 8.99. The predicted molar refractivity (Wildman–Crippen MR) is 79.6 cm³/mol. The van der Waals surface area contributed by atoms with Crippen LogP contribution in [0.15, 0.2) is 48.5 Å². The minimum atomic E-state index is -4.42. The van der Waals surface area contributed by atoms with Crippen molar-refractivity contribution in [2.75, 3.05) is 10.6 Å². The van der Waals surface area contributed by atoms with E-state index in [1.807, 2.05) is 0 Å². The van der Waals surface area contributed by atoms with Crippen LogP contribution in [-0.2, 0) is 11.0 Å². The SMILES string of the molecule is CC(Nc1ccc(F)cc1)C(=O)Nc1ccc(C(F)(F)F)cc1. The Kier molecular flexibility index (Phi) is 4.88. The van der Waals surface area contributed by atoms with E-state index in [-0.39, 0.29) is 5.69 Å². The number of hydrogen-bond acceptors (Lipinski definition) is 2. The number of alkyl halides is 3. The topological polar surface area (TPSA) is 41.1 Å². The van der Waals surface area contributed by atoms with Gasteiger partial charge in [-0.15, -0.1) is 0 Å². The van der Waals surface area contributed by atoms with Crippen molar-refractivity contribution in [1.29, 1.82) is 0 Å². The number of hydrogen-bond donors (Lipinski definition) is 2. The first-order chi connectivity index (χ1) is 10.8. The van der Waals surface area contributed by atoms with Gasteiger partial charge in [-0.1, -0.05) is 0 Å². The maximum atomic E-state index is 12.8. The summed E-state index contributed by atoms with van der Waals surface area (Å²) in [4.78, 5) is 12.0. The van der Waals surface area contributed by atoms with Gasteiger partial charge in [-0.05, 0) is 55.5 Å². The lowest BCUT2D eigenvalue weighted by Crippen LogP contribution is -2.31. The molecule has 7 heteroatoms. The van der Waals surface area contributed by atoms with E-state index >= 15 is 0 Å². The summed E-state index contributed by atoms with van der Waals surface area (Å²) in [5, 5.41) is 5.38. The van der Waals surface area contributed by atoms with Crippen molar-refractivity contribution in [2.24, 2.45) is 0 Å². The summed E-state index contributed by atoms with van der Waals surface area (Å²) >= 11 is 0. The first-order valence-corrected chi connectivity index (χ1v) is 6.76. The smallest absolute Gasteiger partial charge is 0.374 e. The van der Waals surface area contributed by atoms with Crippen molar-refractivity contribution in [2.45, 2.75) is 19.1 Å². The van der Waals surface area contributed by atoms with Gasteiger partial charge in [0.05, 0.1) is 5.56 Å². The normalized spacial score (nSPS) is 12.6. The number of anilines is 2. The summed E-state index contributed by atoms with van der Waals surface area (Å²) in [6.07, 6.45) is -4.42. The van der Waals surface area contributed by atoms with Crippen molar-refractivity contribution in [3.8, 4) is 0 Å².